The predicted molar refractivity (Wildman–Crippen MR) is 47.6 cm³/mol. The number of aromatic amines is 1. The van der Waals surface area contributed by atoms with Gasteiger partial charge in [0.05, 0.1) is 0 Å². The summed E-state index contributed by atoms with van der Waals surface area (Å²) in [5, 5.41) is 3.05. The summed E-state index contributed by atoms with van der Waals surface area (Å²) < 4.78 is 0. The van der Waals surface area contributed by atoms with Crippen molar-refractivity contribution in [2.24, 2.45) is 0 Å². The van der Waals surface area contributed by atoms with E-state index in [-0.39, 0.29) is 0 Å². The summed E-state index contributed by atoms with van der Waals surface area (Å²) in [4.78, 5) is 7.08. The second-order valence-corrected chi connectivity index (χ2v) is 1.89. The van der Waals surface area contributed by atoms with Crippen molar-refractivity contribution >= 4 is 0 Å². The maximum atomic E-state index is 4.06. The van der Waals surface area contributed by atoms with Gasteiger partial charge in [0.25, 0.3) is 0 Å². The van der Waals surface area contributed by atoms with E-state index in [0.717, 1.165) is 18.8 Å². The van der Waals surface area contributed by atoms with E-state index in [1.54, 1.807) is 6.20 Å². The van der Waals surface area contributed by atoms with Gasteiger partial charge in [-0.1, -0.05) is 13.8 Å². The zero-order chi connectivity index (χ0) is 8.53. The monoisotopic (exact) mass is 155 g/mol. The van der Waals surface area contributed by atoms with Crippen LogP contribution in [-0.4, -0.2) is 23.6 Å². The van der Waals surface area contributed by atoms with E-state index in [9.17, 15) is 0 Å². The Morgan fingerprint density at radius 2 is 2.27 bits per heavy atom. The van der Waals surface area contributed by atoms with Crippen LogP contribution in [0.4, 0.5) is 0 Å². The first-order valence-electron chi connectivity index (χ1n) is 4.06. The van der Waals surface area contributed by atoms with Crippen LogP contribution in [0.1, 0.15) is 19.7 Å². The smallest absolute Gasteiger partial charge is 0.107 e. The highest BCUT2D eigenvalue weighted by Crippen LogP contribution is 1.86. The highest BCUT2D eigenvalue weighted by molar-refractivity contribution is 4.86. The molecule has 1 rings (SSSR count). The first-order chi connectivity index (χ1) is 5.43. The number of imidazole rings is 1. The largest absolute Gasteiger partial charge is 0.349 e. The van der Waals surface area contributed by atoms with E-state index in [4.69, 9.17) is 0 Å². The van der Waals surface area contributed by atoms with Crippen molar-refractivity contribution in [1.82, 2.24) is 15.3 Å². The average molecular weight is 155 g/mol. The maximum Gasteiger partial charge on any atom is 0.107 e. The van der Waals surface area contributed by atoms with Gasteiger partial charge in [-0.3, -0.25) is 0 Å². The Hall–Kier alpha value is -0.830. The van der Waals surface area contributed by atoms with E-state index in [0.29, 0.717) is 0 Å². The number of hydrogen-bond donors (Lipinski definition) is 2. The molecule has 3 heteroatoms. The highest BCUT2D eigenvalue weighted by Gasteiger charge is 1.89. The van der Waals surface area contributed by atoms with Crippen LogP contribution < -0.4 is 5.32 Å². The molecule has 0 amide bonds. The second-order valence-electron chi connectivity index (χ2n) is 1.89. The molecule has 0 saturated carbocycles. The molecule has 1 heterocycles. The number of nitrogens with one attached hydrogen (secondary N) is 2. The molecular formula is C8H17N3. The Bertz CT molecular complexity index is 146. The molecule has 0 aliphatic rings. The van der Waals surface area contributed by atoms with Gasteiger partial charge < -0.3 is 10.3 Å². The van der Waals surface area contributed by atoms with Gasteiger partial charge >= 0.3 is 0 Å². The molecule has 0 unspecified atom stereocenters. The first-order valence-corrected chi connectivity index (χ1v) is 4.06. The average Bonchev–Trinajstić information content (AvgIpc) is 2.57. The number of nitrogens with zero attached hydrogens (tertiary/aromatic N) is 1. The topological polar surface area (TPSA) is 40.7 Å². The third-order valence-electron chi connectivity index (χ3n) is 1.17. The molecule has 0 saturated heterocycles. The summed E-state index contributed by atoms with van der Waals surface area (Å²) in [6.07, 6.45) is 4.58. The van der Waals surface area contributed by atoms with Gasteiger partial charge in [-0.25, -0.2) is 4.98 Å². The molecule has 0 radical (unpaired) electrons. The van der Waals surface area contributed by atoms with Crippen LogP contribution in [0.5, 0.6) is 0 Å². The lowest BCUT2D eigenvalue weighted by Gasteiger charge is -1.92. The molecule has 3 nitrogen and oxygen atoms in total. The molecule has 0 atom stereocenters. The van der Waals surface area contributed by atoms with Crippen molar-refractivity contribution in [2.75, 3.05) is 13.6 Å². The molecule has 1 aromatic heterocycles. The first kappa shape index (κ1) is 10.2. The minimum atomic E-state index is 0.976. The summed E-state index contributed by atoms with van der Waals surface area (Å²) >= 11 is 0. The number of hydrogen-bond acceptors (Lipinski definition) is 2. The van der Waals surface area contributed by atoms with Gasteiger partial charge in [-0.15, -0.1) is 0 Å². The van der Waals surface area contributed by atoms with E-state index in [1.807, 2.05) is 27.1 Å². The molecule has 0 bridgehead atoms. The van der Waals surface area contributed by atoms with Crippen molar-refractivity contribution in [3.8, 4) is 0 Å². The Morgan fingerprint density at radius 3 is 2.73 bits per heavy atom. The van der Waals surface area contributed by atoms with Gasteiger partial charge in [-0.05, 0) is 7.05 Å². The molecule has 1 aromatic rings. The van der Waals surface area contributed by atoms with Crippen molar-refractivity contribution in [1.29, 1.82) is 0 Å². The van der Waals surface area contributed by atoms with Crippen LogP contribution in [0.2, 0.25) is 0 Å². The highest BCUT2D eigenvalue weighted by atomic mass is 14.9. The van der Waals surface area contributed by atoms with Gasteiger partial charge in [0.1, 0.15) is 5.82 Å². The van der Waals surface area contributed by atoms with Crippen molar-refractivity contribution < 1.29 is 0 Å². The molecule has 11 heavy (non-hydrogen) atoms. The molecule has 2 N–H and O–H groups in total. The van der Waals surface area contributed by atoms with Crippen LogP contribution in [0.25, 0.3) is 0 Å². The lowest BCUT2D eigenvalue weighted by Crippen LogP contribution is -2.10. The Labute approximate surface area is 68.2 Å². The van der Waals surface area contributed by atoms with Crippen LogP contribution in [0, 0.1) is 0 Å². The van der Waals surface area contributed by atoms with Crippen molar-refractivity contribution in [2.45, 2.75) is 20.3 Å². The Balaban J connectivity index is 0.000000461. The summed E-state index contributed by atoms with van der Waals surface area (Å²) in [5.74, 6) is 1.05. The minimum Gasteiger partial charge on any atom is -0.349 e. The van der Waals surface area contributed by atoms with Gasteiger partial charge in [0.15, 0.2) is 0 Å². The van der Waals surface area contributed by atoms with Gasteiger partial charge in [-0.2, -0.15) is 0 Å². The van der Waals surface area contributed by atoms with Crippen LogP contribution in [-0.2, 0) is 6.42 Å². The van der Waals surface area contributed by atoms with Gasteiger partial charge in [0, 0.05) is 25.4 Å². The third-order valence-corrected chi connectivity index (χ3v) is 1.17. The Morgan fingerprint density at radius 1 is 1.55 bits per heavy atom. The fourth-order valence-corrected chi connectivity index (χ4v) is 0.678. The van der Waals surface area contributed by atoms with E-state index >= 15 is 0 Å². The number of likely N-dealkylation sites (N-methyl/N-ethyl adjacent to an activating group) is 1. The molecular weight excluding hydrogens is 138 g/mol. The Kier molecular flexibility index (Phi) is 6.73. The summed E-state index contributed by atoms with van der Waals surface area (Å²) in [7, 11) is 1.93. The summed E-state index contributed by atoms with van der Waals surface area (Å²) in [6.45, 7) is 4.98. The van der Waals surface area contributed by atoms with Crippen LogP contribution in [0.15, 0.2) is 12.4 Å². The minimum absolute atomic E-state index is 0.976. The number of rotatable bonds is 3. The molecule has 0 aliphatic carbocycles. The molecule has 0 fully saturated rings. The van der Waals surface area contributed by atoms with Crippen LogP contribution in [0.3, 0.4) is 0 Å². The van der Waals surface area contributed by atoms with Crippen molar-refractivity contribution in [3.63, 3.8) is 0 Å². The standard InChI is InChI=1S/C6H11N3.C2H6/c1-7-3-2-6-8-4-5-9-6;1-2/h4-5,7H,2-3H2,1H3,(H,8,9);1-2H3. The third kappa shape index (κ3) is 4.56. The van der Waals surface area contributed by atoms with E-state index in [1.165, 1.54) is 0 Å². The molecule has 0 spiro atoms. The lowest BCUT2D eigenvalue weighted by molar-refractivity contribution is 0.764. The SMILES string of the molecule is CC.CNCCc1ncc[nH]1. The number of aromatic nitrogens is 2. The predicted octanol–water partition coefficient (Wildman–Crippen LogP) is 1.20. The fourth-order valence-electron chi connectivity index (χ4n) is 0.678. The zero-order valence-electron chi connectivity index (χ0n) is 7.52. The quantitative estimate of drug-likeness (QED) is 0.688. The number of H-pyrrole nitrogens is 1. The molecule has 0 aromatic carbocycles. The van der Waals surface area contributed by atoms with Gasteiger partial charge in [0.2, 0.25) is 0 Å². The summed E-state index contributed by atoms with van der Waals surface area (Å²) in [5.41, 5.74) is 0. The molecule has 0 aliphatic heterocycles. The normalized spacial score (nSPS) is 8.64. The zero-order valence-corrected chi connectivity index (χ0v) is 7.52. The van der Waals surface area contributed by atoms with E-state index < -0.39 is 0 Å². The summed E-state index contributed by atoms with van der Waals surface area (Å²) in [6, 6.07) is 0. The van der Waals surface area contributed by atoms with Crippen LogP contribution >= 0.6 is 0 Å². The maximum absolute atomic E-state index is 4.06. The fraction of sp³-hybridized carbons (Fsp3) is 0.625. The molecule has 64 valence electrons. The van der Waals surface area contributed by atoms with E-state index in [2.05, 4.69) is 15.3 Å². The second kappa shape index (κ2) is 7.28. The van der Waals surface area contributed by atoms with Crippen molar-refractivity contribution in [3.05, 3.63) is 18.2 Å². The lowest BCUT2D eigenvalue weighted by atomic mass is 10.4.